The van der Waals surface area contributed by atoms with E-state index in [1.54, 1.807) is 22.7 Å². The first-order valence-electron chi connectivity index (χ1n) is 24.7. The van der Waals surface area contributed by atoms with Crippen molar-refractivity contribution in [2.45, 2.75) is 0 Å². The number of aromatic nitrogens is 2. The normalized spacial score (nSPS) is 11.8. The van der Waals surface area contributed by atoms with Gasteiger partial charge >= 0.3 is 0 Å². The zero-order valence-corrected chi connectivity index (χ0v) is 41.2. The zero-order chi connectivity index (χ0) is 49.0. The first-order valence-corrected chi connectivity index (χ1v) is 26.3. The summed E-state index contributed by atoms with van der Waals surface area (Å²) in [5, 5.41) is 33.5. The maximum absolute atomic E-state index is 12.4. The Bertz CT molecular complexity index is 4670. The van der Waals surface area contributed by atoms with Crippen LogP contribution in [0.3, 0.4) is 0 Å². The highest BCUT2D eigenvalue weighted by Crippen LogP contribution is 2.56. The maximum Gasteiger partial charge on any atom is 0.102 e. The van der Waals surface area contributed by atoms with Gasteiger partial charge in [0.2, 0.25) is 0 Å². The van der Waals surface area contributed by atoms with Gasteiger partial charge < -0.3 is 9.13 Å². The molecule has 4 aromatic heterocycles. The minimum atomic E-state index is 0.425. The van der Waals surface area contributed by atoms with E-state index in [0.29, 0.717) is 16.7 Å². The summed E-state index contributed by atoms with van der Waals surface area (Å²) < 4.78 is 9.40. The van der Waals surface area contributed by atoms with Crippen molar-refractivity contribution in [3.63, 3.8) is 0 Å². The molecule has 74 heavy (non-hydrogen) atoms. The fraction of sp³-hybridized carbons (Fsp3) is 0. The summed E-state index contributed by atoms with van der Waals surface area (Å²) in [6.45, 7) is 0. The van der Waals surface area contributed by atoms with Gasteiger partial charge in [0.25, 0.3) is 0 Å². The lowest BCUT2D eigenvalue weighted by Gasteiger charge is -2.25. The van der Waals surface area contributed by atoms with Gasteiger partial charge in [-0.15, -0.1) is 22.7 Å². The maximum atomic E-state index is 12.4. The third kappa shape index (κ3) is 5.99. The number of hydrogen-bond donors (Lipinski definition) is 0. The number of rotatable bonds is 6. The smallest absolute Gasteiger partial charge is 0.102 e. The van der Waals surface area contributed by atoms with E-state index in [9.17, 15) is 10.5 Å². The number of thiophene rings is 2. The summed E-state index contributed by atoms with van der Waals surface area (Å²) in [5.41, 5.74) is 13.8. The molecule has 0 N–H and O–H groups in total. The van der Waals surface area contributed by atoms with E-state index in [2.05, 4.69) is 215 Å². The Kier molecular flexibility index (Phi) is 9.40. The highest BCUT2D eigenvalue weighted by atomic mass is 32.1. The fourth-order valence-corrected chi connectivity index (χ4v) is 14.4. The molecule has 0 spiro atoms. The summed E-state index contributed by atoms with van der Waals surface area (Å²) in [6, 6.07) is 87.1. The van der Waals surface area contributed by atoms with Gasteiger partial charge in [0.05, 0.1) is 54.0 Å². The van der Waals surface area contributed by atoms with Crippen LogP contribution in [0.5, 0.6) is 0 Å². The van der Waals surface area contributed by atoms with Crippen LogP contribution >= 0.6 is 22.7 Å². The molecule has 6 heteroatoms. The highest BCUT2D eigenvalue weighted by Gasteiger charge is 2.34. The van der Waals surface area contributed by atoms with Crippen molar-refractivity contribution >= 4 is 107 Å². The van der Waals surface area contributed by atoms with Crippen LogP contribution < -0.4 is 0 Å². The Morgan fingerprint density at radius 2 is 0.676 bits per heavy atom. The van der Waals surface area contributed by atoms with Gasteiger partial charge in [-0.1, -0.05) is 194 Å². The lowest BCUT2D eigenvalue weighted by molar-refractivity contribution is 1.13. The summed E-state index contributed by atoms with van der Waals surface area (Å²) >= 11 is 3.60. The van der Waals surface area contributed by atoms with Crippen LogP contribution in [0.25, 0.3) is 140 Å². The number of nitriles is 2. The molecular formula is C68H38N4S2. The number of para-hydroxylation sites is 2. The van der Waals surface area contributed by atoms with Gasteiger partial charge in [0.15, 0.2) is 0 Å². The van der Waals surface area contributed by atoms with E-state index in [-0.39, 0.29) is 0 Å². The molecule has 0 bridgehead atoms. The van der Waals surface area contributed by atoms with Crippen LogP contribution in [-0.2, 0) is 0 Å². The second-order valence-corrected chi connectivity index (χ2v) is 20.9. The van der Waals surface area contributed by atoms with E-state index >= 15 is 0 Å². The number of nitrogens with zero attached hydrogens (tertiary/aromatic N) is 4. The lowest BCUT2D eigenvalue weighted by atomic mass is 9.86. The molecule has 342 valence electrons. The molecule has 11 aromatic carbocycles. The quantitative estimate of drug-likeness (QED) is 0.167. The largest absolute Gasteiger partial charge is 0.307 e. The van der Waals surface area contributed by atoms with Gasteiger partial charge in [-0.05, 0) is 69.8 Å². The standard InChI is InChI=1S/C68H38N4S2/c69-39-53-59(43-25-9-3-10-26-43)54(40-70)64(60(44-27-11-4-12-28-44)63(53)71-55-33-17-13-29-45(55)46-30-14-18-34-56(46)71)72-65-61(49(41-21-5-1-6-22-41)37-51-47-31-15-19-35-57(47)73-67(51)65)62-50(42-23-7-2-8-24-42)38-52-48-32-16-20-36-58(48)74-68(52)66(62)72/h1-38H. The number of hydrogen-bond acceptors (Lipinski definition) is 4. The molecule has 0 radical (unpaired) electrons. The zero-order valence-electron chi connectivity index (χ0n) is 39.5. The molecule has 15 rings (SSSR count). The van der Waals surface area contributed by atoms with Crippen molar-refractivity contribution < 1.29 is 0 Å². The van der Waals surface area contributed by atoms with E-state index in [1.165, 1.54) is 20.2 Å². The fourth-order valence-electron chi connectivity index (χ4n) is 12.0. The first-order chi connectivity index (χ1) is 36.7. The SMILES string of the molecule is N#Cc1c(-c2ccccc2)c(C#N)c(-n2c3c4sc5ccccc5c4cc(-c4ccccc4)c3c3c(-c4ccccc4)cc4c5ccccc5sc4c32)c(-c2ccccc2)c1-n1c2ccccc2c2ccccc21. The van der Waals surface area contributed by atoms with Gasteiger partial charge in [-0.2, -0.15) is 10.5 Å². The topological polar surface area (TPSA) is 57.4 Å². The van der Waals surface area contributed by atoms with Crippen LogP contribution in [0.1, 0.15) is 11.1 Å². The molecule has 0 aliphatic rings. The van der Waals surface area contributed by atoms with E-state index < -0.39 is 0 Å². The summed E-state index contributed by atoms with van der Waals surface area (Å²) in [4.78, 5) is 0. The molecule has 0 saturated heterocycles. The Morgan fingerprint density at radius 3 is 1.11 bits per heavy atom. The van der Waals surface area contributed by atoms with Gasteiger partial charge in [-0.25, -0.2) is 0 Å². The minimum Gasteiger partial charge on any atom is -0.307 e. The molecule has 4 heterocycles. The van der Waals surface area contributed by atoms with Crippen molar-refractivity contribution in [3.8, 4) is 68.0 Å². The van der Waals surface area contributed by atoms with Crippen LogP contribution in [0.4, 0.5) is 0 Å². The summed E-state index contributed by atoms with van der Waals surface area (Å²) in [7, 11) is 0. The van der Waals surface area contributed by atoms with Crippen LogP contribution in [0.15, 0.2) is 231 Å². The monoisotopic (exact) mass is 974 g/mol. The Labute approximate surface area is 433 Å². The Balaban J connectivity index is 1.32. The Hall–Kier alpha value is -9.56. The van der Waals surface area contributed by atoms with Crippen LogP contribution in [-0.4, -0.2) is 9.13 Å². The molecule has 0 amide bonds. The average Bonchev–Trinajstić information content (AvgIpc) is 4.23. The van der Waals surface area contributed by atoms with Crippen LogP contribution in [0.2, 0.25) is 0 Å². The van der Waals surface area contributed by atoms with Crippen molar-refractivity contribution in [2.24, 2.45) is 0 Å². The van der Waals surface area contributed by atoms with Crippen molar-refractivity contribution in [2.75, 3.05) is 0 Å². The minimum absolute atomic E-state index is 0.425. The number of benzene rings is 11. The lowest BCUT2D eigenvalue weighted by Crippen LogP contribution is -2.11. The summed E-state index contributed by atoms with van der Waals surface area (Å²) in [6.07, 6.45) is 0. The highest BCUT2D eigenvalue weighted by molar-refractivity contribution is 7.27. The van der Waals surface area contributed by atoms with E-state index in [1.807, 2.05) is 36.4 Å². The molecule has 4 nitrogen and oxygen atoms in total. The molecular weight excluding hydrogens is 937 g/mol. The Morgan fingerprint density at radius 1 is 0.324 bits per heavy atom. The molecule has 0 aliphatic heterocycles. The molecule has 0 unspecified atom stereocenters. The van der Waals surface area contributed by atoms with Crippen molar-refractivity contribution in [1.82, 2.24) is 9.13 Å². The second kappa shape index (κ2) is 16.5. The average molecular weight is 975 g/mol. The molecule has 0 saturated carbocycles. The molecule has 0 aliphatic carbocycles. The predicted molar refractivity (Wildman–Crippen MR) is 312 cm³/mol. The third-order valence-corrected chi connectivity index (χ3v) is 17.4. The first kappa shape index (κ1) is 42.2. The second-order valence-electron chi connectivity index (χ2n) is 18.8. The predicted octanol–water partition coefficient (Wildman–Crippen LogP) is 19.0. The van der Waals surface area contributed by atoms with Crippen molar-refractivity contribution in [3.05, 3.63) is 242 Å². The van der Waals surface area contributed by atoms with Gasteiger partial charge in [0.1, 0.15) is 12.1 Å². The molecule has 0 atom stereocenters. The van der Waals surface area contributed by atoms with Gasteiger partial charge in [-0.3, -0.25) is 0 Å². The number of fused-ring (bicyclic) bond motifs is 14. The van der Waals surface area contributed by atoms with E-state index in [4.69, 9.17) is 0 Å². The molecule has 0 fully saturated rings. The van der Waals surface area contributed by atoms with Crippen molar-refractivity contribution in [1.29, 1.82) is 10.5 Å². The molecule has 15 aromatic rings. The van der Waals surface area contributed by atoms with Crippen LogP contribution in [0, 0.1) is 22.7 Å². The van der Waals surface area contributed by atoms with Gasteiger partial charge in [0, 0.05) is 63.6 Å². The third-order valence-electron chi connectivity index (χ3n) is 15.0. The summed E-state index contributed by atoms with van der Waals surface area (Å²) in [5.74, 6) is 0. The van der Waals surface area contributed by atoms with E-state index in [0.717, 1.165) is 114 Å².